The highest BCUT2D eigenvalue weighted by atomic mass is 16.5. The number of hydrogen-bond donors (Lipinski definition) is 1. The van der Waals surface area contributed by atoms with Crippen LogP contribution in [-0.4, -0.2) is 64.7 Å². The largest absolute Gasteiger partial charge is 0.493 e. The van der Waals surface area contributed by atoms with Crippen molar-refractivity contribution in [1.82, 2.24) is 4.90 Å². The Kier molecular flexibility index (Phi) is 7.80. The molecule has 35 heavy (non-hydrogen) atoms. The summed E-state index contributed by atoms with van der Waals surface area (Å²) in [4.78, 5) is 27.8. The first-order chi connectivity index (χ1) is 16.9. The number of ether oxygens (including phenoxy) is 4. The van der Waals surface area contributed by atoms with Crippen LogP contribution in [0.2, 0.25) is 0 Å². The van der Waals surface area contributed by atoms with Gasteiger partial charge in [-0.1, -0.05) is 0 Å². The molecule has 1 unspecified atom stereocenters. The van der Waals surface area contributed by atoms with Crippen LogP contribution in [0.25, 0.3) is 0 Å². The number of ketones is 1. The Morgan fingerprint density at radius 2 is 1.54 bits per heavy atom. The first-order valence-corrected chi connectivity index (χ1v) is 12.0. The van der Waals surface area contributed by atoms with Crippen LogP contribution >= 0.6 is 0 Å². The van der Waals surface area contributed by atoms with Crippen LogP contribution < -0.4 is 24.3 Å². The maximum Gasteiger partial charge on any atom is 0.238 e. The van der Waals surface area contributed by atoms with Crippen molar-refractivity contribution in [3.63, 3.8) is 0 Å². The van der Waals surface area contributed by atoms with Gasteiger partial charge in [0.15, 0.2) is 28.8 Å². The Bertz CT molecular complexity index is 1080. The monoisotopic (exact) mass is 482 g/mol. The predicted molar refractivity (Wildman–Crippen MR) is 133 cm³/mol. The van der Waals surface area contributed by atoms with Crippen molar-refractivity contribution in [3.8, 4) is 23.0 Å². The third kappa shape index (κ3) is 5.53. The number of hydrogen-bond acceptors (Lipinski definition) is 7. The van der Waals surface area contributed by atoms with Crippen molar-refractivity contribution in [2.75, 3.05) is 53.4 Å². The number of piperidine rings is 1. The maximum absolute atomic E-state index is 13.0. The van der Waals surface area contributed by atoms with E-state index >= 15 is 0 Å². The van der Waals surface area contributed by atoms with Crippen LogP contribution in [0.5, 0.6) is 23.0 Å². The van der Waals surface area contributed by atoms with E-state index in [-0.39, 0.29) is 17.6 Å². The third-order valence-electron chi connectivity index (χ3n) is 7.07. The Balaban J connectivity index is 1.26. The van der Waals surface area contributed by atoms with Crippen molar-refractivity contribution in [3.05, 3.63) is 41.5 Å². The molecule has 2 aromatic carbocycles. The fraction of sp³-hybridized carbons (Fsp3) is 0.481. The highest BCUT2D eigenvalue weighted by Crippen LogP contribution is 2.39. The highest BCUT2D eigenvalue weighted by Gasteiger charge is 2.34. The molecule has 8 heteroatoms. The SMILES string of the molecule is COc1ccc(NC(=O)CN2CCC(CC3Cc4cc(OC)c(OC)cc4C3=O)CC2)cc1OC. The van der Waals surface area contributed by atoms with E-state index in [4.69, 9.17) is 18.9 Å². The number of nitrogens with zero attached hydrogens (tertiary/aromatic N) is 1. The van der Waals surface area contributed by atoms with Gasteiger partial charge >= 0.3 is 0 Å². The van der Waals surface area contributed by atoms with Crippen LogP contribution in [0.15, 0.2) is 30.3 Å². The van der Waals surface area contributed by atoms with Crippen LogP contribution in [0, 0.1) is 11.8 Å². The van der Waals surface area contributed by atoms with Crippen LogP contribution in [0.1, 0.15) is 35.2 Å². The molecular weight excluding hydrogens is 448 g/mol. The molecule has 0 bridgehead atoms. The van der Waals surface area contributed by atoms with Gasteiger partial charge in [-0.2, -0.15) is 0 Å². The Hall–Kier alpha value is -3.26. The quantitative estimate of drug-likeness (QED) is 0.582. The van der Waals surface area contributed by atoms with Crippen molar-refractivity contribution in [1.29, 1.82) is 0 Å². The molecule has 1 aliphatic heterocycles. The summed E-state index contributed by atoms with van der Waals surface area (Å²) in [6.07, 6.45) is 3.60. The lowest BCUT2D eigenvalue weighted by Crippen LogP contribution is -2.39. The minimum atomic E-state index is -0.0556. The van der Waals surface area contributed by atoms with Crippen molar-refractivity contribution in [2.24, 2.45) is 11.8 Å². The lowest BCUT2D eigenvalue weighted by atomic mass is 9.85. The maximum atomic E-state index is 13.0. The smallest absolute Gasteiger partial charge is 0.238 e. The molecule has 2 aromatic rings. The van der Waals surface area contributed by atoms with Gasteiger partial charge in [0.2, 0.25) is 5.91 Å². The molecule has 1 saturated heterocycles. The van der Waals surface area contributed by atoms with Gasteiger partial charge in [0, 0.05) is 23.2 Å². The Morgan fingerprint density at radius 1 is 0.914 bits per heavy atom. The van der Waals surface area contributed by atoms with Gasteiger partial charge in [0.25, 0.3) is 0 Å². The summed E-state index contributed by atoms with van der Waals surface area (Å²) in [5.41, 5.74) is 2.48. The van der Waals surface area contributed by atoms with Gasteiger partial charge in [0.1, 0.15) is 0 Å². The minimum Gasteiger partial charge on any atom is -0.493 e. The lowest BCUT2D eigenvalue weighted by molar-refractivity contribution is -0.117. The van der Waals surface area contributed by atoms with Gasteiger partial charge in [-0.3, -0.25) is 14.5 Å². The molecular formula is C27H34N2O6. The molecule has 2 aliphatic rings. The van der Waals surface area contributed by atoms with E-state index in [1.54, 1.807) is 46.6 Å². The molecule has 1 fully saturated rings. The number of likely N-dealkylation sites (tertiary alicyclic amines) is 1. The first kappa shape index (κ1) is 24.9. The number of methoxy groups -OCH3 is 4. The first-order valence-electron chi connectivity index (χ1n) is 12.0. The fourth-order valence-corrected chi connectivity index (χ4v) is 5.19. The number of Topliss-reactive ketones (excluding diaryl/α,β-unsaturated/α-hetero) is 1. The molecule has 0 saturated carbocycles. The Morgan fingerprint density at radius 3 is 2.20 bits per heavy atom. The number of carbonyl (C=O) groups is 2. The van der Waals surface area contributed by atoms with Gasteiger partial charge < -0.3 is 24.3 Å². The molecule has 1 N–H and O–H groups in total. The number of rotatable bonds is 9. The average Bonchev–Trinajstić information content (AvgIpc) is 3.17. The van der Waals surface area contributed by atoms with E-state index in [0.29, 0.717) is 41.1 Å². The number of fused-ring (bicyclic) bond motifs is 1. The van der Waals surface area contributed by atoms with Crippen molar-refractivity contribution >= 4 is 17.4 Å². The standard InChI is InChI=1S/C27H34N2O6/c1-32-22-6-5-20(14-24(22)34-3)28-26(30)16-29-9-7-17(8-10-29)11-19-12-18-13-23(33-2)25(35-4)15-21(18)27(19)31/h5-6,13-15,17,19H,7-12,16H2,1-4H3,(H,28,30). The van der Waals surface area contributed by atoms with Crippen molar-refractivity contribution < 1.29 is 28.5 Å². The zero-order valence-electron chi connectivity index (χ0n) is 20.9. The summed E-state index contributed by atoms with van der Waals surface area (Å²) < 4.78 is 21.3. The molecule has 1 aliphatic carbocycles. The molecule has 188 valence electrons. The molecule has 1 heterocycles. The molecule has 0 spiro atoms. The van der Waals surface area contributed by atoms with E-state index in [1.165, 1.54) is 0 Å². The second kappa shape index (κ2) is 11.0. The molecule has 1 atom stereocenters. The average molecular weight is 483 g/mol. The predicted octanol–water partition coefficient (Wildman–Crippen LogP) is 3.82. The minimum absolute atomic E-state index is 0.00622. The number of nitrogens with one attached hydrogen (secondary N) is 1. The lowest BCUT2D eigenvalue weighted by Gasteiger charge is -2.32. The topological polar surface area (TPSA) is 86.3 Å². The van der Waals surface area contributed by atoms with Gasteiger partial charge in [-0.05, 0) is 74.5 Å². The number of carbonyl (C=O) groups excluding carboxylic acids is 2. The molecule has 8 nitrogen and oxygen atoms in total. The van der Waals surface area contributed by atoms with Crippen LogP contribution in [0.4, 0.5) is 5.69 Å². The van der Waals surface area contributed by atoms with Crippen molar-refractivity contribution in [2.45, 2.75) is 25.7 Å². The van der Waals surface area contributed by atoms with E-state index in [2.05, 4.69) is 10.2 Å². The van der Waals surface area contributed by atoms with Crippen LogP contribution in [0.3, 0.4) is 0 Å². The summed E-state index contributed by atoms with van der Waals surface area (Å²) in [5.74, 6) is 3.09. The molecule has 0 radical (unpaired) electrons. The zero-order valence-corrected chi connectivity index (χ0v) is 20.9. The van der Waals surface area contributed by atoms with Gasteiger partial charge in [0.05, 0.1) is 35.0 Å². The van der Waals surface area contributed by atoms with Gasteiger partial charge in [-0.15, -0.1) is 0 Å². The Labute approximate surface area is 206 Å². The number of benzene rings is 2. The normalized spacial score (nSPS) is 18.2. The van der Waals surface area contributed by atoms with E-state index in [0.717, 1.165) is 49.9 Å². The second-order valence-electron chi connectivity index (χ2n) is 9.20. The van der Waals surface area contributed by atoms with E-state index in [9.17, 15) is 9.59 Å². The summed E-state index contributed by atoms with van der Waals surface area (Å²) in [5, 5.41) is 2.94. The van der Waals surface area contributed by atoms with Gasteiger partial charge in [-0.25, -0.2) is 0 Å². The van der Waals surface area contributed by atoms with E-state index < -0.39 is 0 Å². The van der Waals surface area contributed by atoms with E-state index in [1.807, 2.05) is 12.1 Å². The molecule has 0 aromatic heterocycles. The molecule has 1 amide bonds. The summed E-state index contributed by atoms with van der Waals surface area (Å²) in [7, 11) is 6.35. The van der Waals surface area contributed by atoms with Crippen LogP contribution in [-0.2, 0) is 11.2 Å². The number of amides is 1. The summed E-state index contributed by atoms with van der Waals surface area (Å²) in [6.45, 7) is 2.04. The third-order valence-corrected chi connectivity index (χ3v) is 7.07. The molecule has 4 rings (SSSR count). The highest BCUT2D eigenvalue weighted by molar-refractivity contribution is 6.03. The fourth-order valence-electron chi connectivity index (χ4n) is 5.19. The number of anilines is 1. The second-order valence-corrected chi connectivity index (χ2v) is 9.20. The zero-order chi connectivity index (χ0) is 24.9. The summed E-state index contributed by atoms with van der Waals surface area (Å²) in [6, 6.07) is 9.08. The summed E-state index contributed by atoms with van der Waals surface area (Å²) >= 11 is 0.